The van der Waals surface area contributed by atoms with Crippen LogP contribution in [0, 0.1) is 5.92 Å². The van der Waals surface area contributed by atoms with E-state index in [1.165, 1.54) is 5.56 Å². The minimum atomic E-state index is 0.0624. The minimum absolute atomic E-state index is 0.0624. The van der Waals surface area contributed by atoms with Crippen LogP contribution in [0.2, 0.25) is 0 Å². The molecule has 2 bridgehead atoms. The second kappa shape index (κ2) is 6.37. The molecule has 2 aliphatic rings. The van der Waals surface area contributed by atoms with E-state index in [1.54, 1.807) is 0 Å². The van der Waals surface area contributed by atoms with Crippen LogP contribution in [-0.4, -0.2) is 29.8 Å². The summed E-state index contributed by atoms with van der Waals surface area (Å²) >= 11 is 0. The first-order chi connectivity index (χ1) is 11.7. The summed E-state index contributed by atoms with van der Waals surface area (Å²) in [7, 11) is 2.12. The Morgan fingerprint density at radius 1 is 1.04 bits per heavy atom. The van der Waals surface area contributed by atoms with Crippen LogP contribution in [-0.2, 0) is 11.2 Å². The molecule has 0 N–H and O–H groups in total. The lowest BCUT2D eigenvalue weighted by atomic mass is 9.89. The highest BCUT2D eigenvalue weighted by molar-refractivity contribution is 6.04. The molecule has 0 unspecified atom stereocenters. The summed E-state index contributed by atoms with van der Waals surface area (Å²) in [5, 5.41) is 0. The van der Waals surface area contributed by atoms with E-state index >= 15 is 0 Å². The smallest absolute Gasteiger partial charge is 0.176 e. The first-order valence-corrected chi connectivity index (χ1v) is 8.78. The SMILES string of the molecule is CN1[C@@H]2C[C@H](Cc3ccccc3)[C@H]1C/C(=C\c1ccccc1)C2=O. The van der Waals surface area contributed by atoms with Gasteiger partial charge in [0.1, 0.15) is 0 Å². The van der Waals surface area contributed by atoms with E-state index in [0.717, 1.165) is 30.4 Å². The highest BCUT2D eigenvalue weighted by Crippen LogP contribution is 2.41. The van der Waals surface area contributed by atoms with Gasteiger partial charge in [0.25, 0.3) is 0 Å². The van der Waals surface area contributed by atoms with Crippen LogP contribution in [0.15, 0.2) is 66.2 Å². The molecule has 24 heavy (non-hydrogen) atoms. The van der Waals surface area contributed by atoms with Crippen molar-refractivity contribution < 1.29 is 4.79 Å². The quantitative estimate of drug-likeness (QED) is 0.798. The number of nitrogens with zero attached hydrogens (tertiary/aromatic N) is 1. The lowest BCUT2D eigenvalue weighted by Gasteiger charge is -2.33. The summed E-state index contributed by atoms with van der Waals surface area (Å²) in [4.78, 5) is 15.2. The van der Waals surface area contributed by atoms with Gasteiger partial charge in [0.05, 0.1) is 6.04 Å². The predicted octanol–water partition coefficient (Wildman–Crippen LogP) is 3.97. The Balaban J connectivity index is 1.58. The highest BCUT2D eigenvalue weighted by Gasteiger charge is 2.47. The van der Waals surface area contributed by atoms with Crippen LogP contribution in [0.4, 0.5) is 0 Å². The van der Waals surface area contributed by atoms with Gasteiger partial charge in [-0.3, -0.25) is 9.69 Å². The Kier molecular flexibility index (Phi) is 4.07. The van der Waals surface area contributed by atoms with Crippen molar-refractivity contribution in [1.29, 1.82) is 0 Å². The van der Waals surface area contributed by atoms with Crippen molar-refractivity contribution in [3.05, 3.63) is 77.4 Å². The molecule has 0 saturated carbocycles. The van der Waals surface area contributed by atoms with Gasteiger partial charge in [-0.15, -0.1) is 0 Å². The maximum Gasteiger partial charge on any atom is 0.176 e. The summed E-state index contributed by atoms with van der Waals surface area (Å²) < 4.78 is 0. The second-order valence-electron chi connectivity index (χ2n) is 7.08. The van der Waals surface area contributed by atoms with Crippen LogP contribution in [0.25, 0.3) is 6.08 Å². The first-order valence-electron chi connectivity index (χ1n) is 8.78. The van der Waals surface area contributed by atoms with E-state index in [9.17, 15) is 4.79 Å². The zero-order valence-electron chi connectivity index (χ0n) is 14.1. The molecule has 2 aliphatic heterocycles. The Morgan fingerprint density at radius 2 is 1.71 bits per heavy atom. The molecule has 2 saturated heterocycles. The van der Waals surface area contributed by atoms with Gasteiger partial charge in [0.15, 0.2) is 5.78 Å². The molecule has 0 radical (unpaired) electrons. The topological polar surface area (TPSA) is 20.3 Å². The number of ketones is 1. The first kappa shape index (κ1) is 15.3. The molecule has 4 rings (SSSR count). The van der Waals surface area contributed by atoms with Crippen LogP contribution in [0.1, 0.15) is 24.0 Å². The lowest BCUT2D eigenvalue weighted by molar-refractivity contribution is -0.121. The molecular weight excluding hydrogens is 294 g/mol. The summed E-state index contributed by atoms with van der Waals surface area (Å²) in [6.45, 7) is 0. The van der Waals surface area contributed by atoms with Crippen molar-refractivity contribution in [2.24, 2.45) is 5.92 Å². The summed E-state index contributed by atoms with van der Waals surface area (Å²) in [6.07, 6.45) is 5.03. The van der Waals surface area contributed by atoms with Gasteiger partial charge in [-0.1, -0.05) is 60.7 Å². The molecule has 0 aromatic heterocycles. The van der Waals surface area contributed by atoms with Crippen molar-refractivity contribution in [1.82, 2.24) is 4.90 Å². The van der Waals surface area contributed by atoms with Crippen molar-refractivity contribution in [3.8, 4) is 0 Å². The summed E-state index contributed by atoms with van der Waals surface area (Å²) in [5.41, 5.74) is 3.51. The molecule has 2 fully saturated rings. The summed E-state index contributed by atoms with van der Waals surface area (Å²) in [6, 6.07) is 21.4. The number of benzene rings is 2. The third-order valence-corrected chi connectivity index (χ3v) is 5.61. The zero-order chi connectivity index (χ0) is 16.5. The summed E-state index contributed by atoms with van der Waals surface area (Å²) in [5.74, 6) is 0.890. The Morgan fingerprint density at radius 3 is 2.42 bits per heavy atom. The Labute approximate surface area is 143 Å². The van der Waals surface area contributed by atoms with Crippen molar-refractivity contribution in [2.45, 2.75) is 31.3 Å². The fraction of sp³-hybridized carbons (Fsp3) is 0.318. The second-order valence-corrected chi connectivity index (χ2v) is 7.08. The maximum absolute atomic E-state index is 12.9. The molecule has 0 aliphatic carbocycles. The standard InChI is InChI=1S/C22H23NO/c1-23-20-15-19(13-17-10-6-3-7-11-17)22(24)21(23)14-18(20)12-16-8-4-2-5-9-16/h2-11,13,18,20-21H,12,14-15H2,1H3/b19-13+/t18-,20+,21+/m0/s1. The number of piperidine rings is 1. The minimum Gasteiger partial charge on any atom is -0.293 e. The number of fused-ring (bicyclic) bond motifs is 2. The molecule has 2 heterocycles. The fourth-order valence-electron chi connectivity index (χ4n) is 4.33. The number of carbonyl (C=O) groups excluding carboxylic acids is 1. The van der Waals surface area contributed by atoms with Gasteiger partial charge in [-0.05, 0) is 55.0 Å². The van der Waals surface area contributed by atoms with E-state index < -0.39 is 0 Å². The maximum atomic E-state index is 12.9. The van der Waals surface area contributed by atoms with Crippen molar-refractivity contribution in [2.75, 3.05) is 7.05 Å². The number of carbonyl (C=O) groups is 1. The van der Waals surface area contributed by atoms with E-state index in [4.69, 9.17) is 0 Å². The third-order valence-electron chi connectivity index (χ3n) is 5.61. The molecule has 2 aromatic rings. The molecule has 2 nitrogen and oxygen atoms in total. The highest BCUT2D eigenvalue weighted by atomic mass is 16.1. The van der Waals surface area contributed by atoms with Crippen LogP contribution < -0.4 is 0 Å². The average Bonchev–Trinajstić information content (AvgIpc) is 2.83. The average molecular weight is 317 g/mol. The van der Waals surface area contributed by atoms with Crippen LogP contribution in [0.3, 0.4) is 0 Å². The predicted molar refractivity (Wildman–Crippen MR) is 97.6 cm³/mol. The molecule has 2 heteroatoms. The van der Waals surface area contributed by atoms with Gasteiger partial charge in [0.2, 0.25) is 0 Å². The Hall–Kier alpha value is -2.19. The molecule has 3 atom stereocenters. The van der Waals surface area contributed by atoms with Gasteiger partial charge >= 0.3 is 0 Å². The van der Waals surface area contributed by atoms with E-state index in [-0.39, 0.29) is 6.04 Å². The van der Waals surface area contributed by atoms with Gasteiger partial charge in [-0.2, -0.15) is 0 Å². The zero-order valence-corrected chi connectivity index (χ0v) is 14.1. The molecule has 0 spiro atoms. The van der Waals surface area contributed by atoms with Crippen molar-refractivity contribution >= 4 is 11.9 Å². The number of hydrogen-bond donors (Lipinski definition) is 0. The van der Waals surface area contributed by atoms with Gasteiger partial charge in [0, 0.05) is 6.04 Å². The van der Waals surface area contributed by atoms with E-state index in [2.05, 4.69) is 60.5 Å². The molecule has 2 aromatic carbocycles. The van der Waals surface area contributed by atoms with Gasteiger partial charge in [-0.25, -0.2) is 0 Å². The number of likely N-dealkylation sites (N-methyl/N-ethyl adjacent to an activating group) is 1. The Bertz CT molecular complexity index is 750. The number of Topliss-reactive ketones (excluding diaryl/α,β-unsaturated/α-hetero) is 1. The monoisotopic (exact) mass is 317 g/mol. The van der Waals surface area contributed by atoms with Gasteiger partial charge < -0.3 is 0 Å². The number of hydrogen-bond acceptors (Lipinski definition) is 2. The fourth-order valence-corrected chi connectivity index (χ4v) is 4.33. The number of rotatable bonds is 3. The molecule has 0 amide bonds. The van der Waals surface area contributed by atoms with E-state index in [0.29, 0.717) is 17.7 Å². The molecule has 122 valence electrons. The largest absolute Gasteiger partial charge is 0.293 e. The lowest BCUT2D eigenvalue weighted by Crippen LogP contribution is -2.44. The normalized spacial score (nSPS) is 28.5. The van der Waals surface area contributed by atoms with Crippen LogP contribution in [0.5, 0.6) is 0 Å². The van der Waals surface area contributed by atoms with Crippen molar-refractivity contribution in [3.63, 3.8) is 0 Å². The van der Waals surface area contributed by atoms with E-state index in [1.807, 2.05) is 18.2 Å². The molecular formula is C22H23NO. The van der Waals surface area contributed by atoms with Crippen LogP contribution >= 0.6 is 0 Å². The third kappa shape index (κ3) is 2.83.